The summed E-state index contributed by atoms with van der Waals surface area (Å²) in [5.41, 5.74) is 5.36. The molecule has 1 aliphatic rings. The van der Waals surface area contributed by atoms with Gasteiger partial charge in [0.25, 0.3) is 0 Å². The molecule has 2 rings (SSSR count). The molecule has 102 valence electrons. The first kappa shape index (κ1) is 13.5. The molecule has 6 heteroatoms. The Kier molecular flexibility index (Phi) is 3.44. The van der Waals surface area contributed by atoms with Crippen molar-refractivity contribution >= 4 is 0 Å². The number of hydrogen-bond donors (Lipinski definition) is 1. The van der Waals surface area contributed by atoms with Gasteiger partial charge in [0.2, 0.25) is 5.89 Å². The van der Waals surface area contributed by atoms with Crippen molar-refractivity contribution in [1.82, 2.24) is 15.0 Å². The van der Waals surface area contributed by atoms with Crippen molar-refractivity contribution in [2.45, 2.75) is 45.3 Å². The van der Waals surface area contributed by atoms with Gasteiger partial charge in [-0.2, -0.15) is 4.98 Å². The van der Waals surface area contributed by atoms with Crippen molar-refractivity contribution in [3.63, 3.8) is 0 Å². The van der Waals surface area contributed by atoms with E-state index in [4.69, 9.17) is 15.0 Å². The van der Waals surface area contributed by atoms with Gasteiger partial charge in [-0.1, -0.05) is 5.16 Å². The van der Waals surface area contributed by atoms with E-state index in [0.717, 1.165) is 19.8 Å². The summed E-state index contributed by atoms with van der Waals surface area (Å²) in [6, 6.07) is 0. The number of nitrogens with zero attached hydrogens (tertiary/aromatic N) is 3. The summed E-state index contributed by atoms with van der Waals surface area (Å²) in [5, 5.41) is 3.93. The van der Waals surface area contributed by atoms with Gasteiger partial charge in [-0.3, -0.25) is 4.90 Å². The number of rotatable bonds is 3. The Hall–Kier alpha value is -0.980. The predicted octanol–water partition coefficient (Wildman–Crippen LogP) is 0.874. The second-order valence-electron chi connectivity index (χ2n) is 6.02. The van der Waals surface area contributed by atoms with Gasteiger partial charge in [0.05, 0.1) is 25.3 Å². The standard InChI is InChI=1S/C12H22N4O2/c1-11(2)8-17-6-5-16(11)7-9-14-10(15-18-9)12(3,4)13/h5-8,13H2,1-4H3. The van der Waals surface area contributed by atoms with Gasteiger partial charge < -0.3 is 15.0 Å². The summed E-state index contributed by atoms with van der Waals surface area (Å²) in [7, 11) is 0. The Bertz CT molecular complexity index is 408. The highest BCUT2D eigenvalue weighted by atomic mass is 16.5. The lowest BCUT2D eigenvalue weighted by Crippen LogP contribution is -2.52. The second-order valence-corrected chi connectivity index (χ2v) is 6.02. The molecule has 2 N–H and O–H groups in total. The van der Waals surface area contributed by atoms with Crippen LogP contribution in [0.5, 0.6) is 0 Å². The zero-order valence-electron chi connectivity index (χ0n) is 11.6. The maximum atomic E-state index is 5.94. The minimum atomic E-state index is -0.567. The molecule has 1 aromatic rings. The minimum Gasteiger partial charge on any atom is -0.378 e. The van der Waals surface area contributed by atoms with Gasteiger partial charge in [0.1, 0.15) is 0 Å². The lowest BCUT2D eigenvalue weighted by atomic mass is 10.0. The van der Waals surface area contributed by atoms with Crippen LogP contribution in [0, 0.1) is 0 Å². The number of hydrogen-bond acceptors (Lipinski definition) is 6. The Labute approximate surface area is 107 Å². The molecular weight excluding hydrogens is 232 g/mol. The van der Waals surface area contributed by atoms with Crippen molar-refractivity contribution in [1.29, 1.82) is 0 Å². The molecule has 0 unspecified atom stereocenters. The van der Waals surface area contributed by atoms with E-state index in [-0.39, 0.29) is 5.54 Å². The molecular formula is C12H22N4O2. The van der Waals surface area contributed by atoms with Crippen LogP contribution in [0.1, 0.15) is 39.4 Å². The molecule has 0 saturated carbocycles. The fourth-order valence-corrected chi connectivity index (χ4v) is 1.93. The Balaban J connectivity index is 2.07. The summed E-state index contributed by atoms with van der Waals surface area (Å²) >= 11 is 0. The lowest BCUT2D eigenvalue weighted by Gasteiger charge is -2.41. The molecule has 0 amide bonds. The Morgan fingerprint density at radius 1 is 1.44 bits per heavy atom. The minimum absolute atomic E-state index is 0.00881. The summed E-state index contributed by atoms with van der Waals surface area (Å²) < 4.78 is 10.7. The predicted molar refractivity (Wildman–Crippen MR) is 66.8 cm³/mol. The van der Waals surface area contributed by atoms with Crippen LogP contribution in [0.4, 0.5) is 0 Å². The van der Waals surface area contributed by atoms with Gasteiger partial charge in [-0.15, -0.1) is 0 Å². The van der Waals surface area contributed by atoms with Crippen molar-refractivity contribution in [2.75, 3.05) is 19.8 Å². The molecule has 0 aromatic carbocycles. The molecule has 2 heterocycles. The zero-order valence-corrected chi connectivity index (χ0v) is 11.6. The van der Waals surface area contributed by atoms with Crippen LogP contribution in [0.2, 0.25) is 0 Å². The van der Waals surface area contributed by atoms with E-state index in [1.165, 1.54) is 0 Å². The molecule has 1 saturated heterocycles. The number of morpholine rings is 1. The molecule has 0 spiro atoms. The van der Waals surface area contributed by atoms with Gasteiger partial charge in [-0.05, 0) is 27.7 Å². The van der Waals surface area contributed by atoms with Crippen LogP contribution >= 0.6 is 0 Å². The topological polar surface area (TPSA) is 77.4 Å². The third kappa shape index (κ3) is 2.88. The summed E-state index contributed by atoms with van der Waals surface area (Å²) in [6.07, 6.45) is 0. The van der Waals surface area contributed by atoms with Crippen LogP contribution in [0.3, 0.4) is 0 Å². The van der Waals surface area contributed by atoms with E-state index in [2.05, 4.69) is 28.9 Å². The normalized spacial score (nSPS) is 21.2. The molecule has 18 heavy (non-hydrogen) atoms. The summed E-state index contributed by atoms with van der Waals surface area (Å²) in [6.45, 7) is 11.0. The highest BCUT2D eigenvalue weighted by Crippen LogP contribution is 2.21. The highest BCUT2D eigenvalue weighted by molar-refractivity contribution is 4.99. The molecule has 0 aliphatic carbocycles. The van der Waals surface area contributed by atoms with Gasteiger partial charge >= 0.3 is 0 Å². The van der Waals surface area contributed by atoms with Crippen LogP contribution in [-0.4, -0.2) is 40.3 Å². The molecule has 6 nitrogen and oxygen atoms in total. The first-order valence-electron chi connectivity index (χ1n) is 6.24. The number of aromatic nitrogens is 2. The van der Waals surface area contributed by atoms with Gasteiger partial charge in [0.15, 0.2) is 5.82 Å². The second kappa shape index (κ2) is 4.60. The van der Waals surface area contributed by atoms with E-state index < -0.39 is 5.54 Å². The van der Waals surface area contributed by atoms with E-state index >= 15 is 0 Å². The largest absolute Gasteiger partial charge is 0.378 e. The Morgan fingerprint density at radius 2 is 2.17 bits per heavy atom. The third-order valence-electron chi connectivity index (χ3n) is 3.19. The summed E-state index contributed by atoms with van der Waals surface area (Å²) in [5.74, 6) is 1.15. The van der Waals surface area contributed by atoms with E-state index in [1.54, 1.807) is 0 Å². The van der Waals surface area contributed by atoms with Crippen LogP contribution in [-0.2, 0) is 16.8 Å². The Morgan fingerprint density at radius 3 is 2.72 bits per heavy atom. The molecule has 1 fully saturated rings. The first-order valence-corrected chi connectivity index (χ1v) is 6.24. The monoisotopic (exact) mass is 254 g/mol. The lowest BCUT2D eigenvalue weighted by molar-refractivity contribution is -0.0589. The average molecular weight is 254 g/mol. The molecule has 1 aliphatic heterocycles. The molecule has 0 bridgehead atoms. The maximum absolute atomic E-state index is 5.94. The molecule has 0 atom stereocenters. The van der Waals surface area contributed by atoms with E-state index in [0.29, 0.717) is 18.3 Å². The summed E-state index contributed by atoms with van der Waals surface area (Å²) in [4.78, 5) is 6.64. The van der Waals surface area contributed by atoms with Crippen LogP contribution in [0.15, 0.2) is 4.52 Å². The van der Waals surface area contributed by atoms with Crippen molar-refractivity contribution in [3.8, 4) is 0 Å². The van der Waals surface area contributed by atoms with Crippen molar-refractivity contribution in [2.24, 2.45) is 5.73 Å². The van der Waals surface area contributed by atoms with Crippen LogP contribution in [0.25, 0.3) is 0 Å². The third-order valence-corrected chi connectivity index (χ3v) is 3.19. The molecule has 0 radical (unpaired) electrons. The van der Waals surface area contributed by atoms with E-state index in [1.807, 2.05) is 13.8 Å². The zero-order chi connectivity index (χ0) is 13.4. The fraction of sp³-hybridized carbons (Fsp3) is 0.833. The van der Waals surface area contributed by atoms with Crippen LogP contribution < -0.4 is 5.73 Å². The molecule has 1 aromatic heterocycles. The first-order chi connectivity index (χ1) is 8.29. The maximum Gasteiger partial charge on any atom is 0.240 e. The van der Waals surface area contributed by atoms with Gasteiger partial charge in [0, 0.05) is 12.1 Å². The average Bonchev–Trinajstić information content (AvgIpc) is 2.69. The fourth-order valence-electron chi connectivity index (χ4n) is 1.93. The quantitative estimate of drug-likeness (QED) is 0.862. The SMILES string of the molecule is CC(C)(N)c1noc(CN2CCOCC2(C)C)n1. The number of nitrogens with two attached hydrogens (primary N) is 1. The smallest absolute Gasteiger partial charge is 0.240 e. The van der Waals surface area contributed by atoms with Gasteiger partial charge in [-0.25, -0.2) is 0 Å². The van der Waals surface area contributed by atoms with E-state index in [9.17, 15) is 0 Å². The number of ether oxygens (including phenoxy) is 1. The van der Waals surface area contributed by atoms with Crippen molar-refractivity contribution in [3.05, 3.63) is 11.7 Å². The highest BCUT2D eigenvalue weighted by Gasteiger charge is 2.32. The van der Waals surface area contributed by atoms with Crippen molar-refractivity contribution < 1.29 is 9.26 Å².